The summed E-state index contributed by atoms with van der Waals surface area (Å²) in [6.07, 6.45) is 2.19. The summed E-state index contributed by atoms with van der Waals surface area (Å²) < 4.78 is 0. The minimum atomic E-state index is -0.591. The van der Waals surface area contributed by atoms with Gasteiger partial charge in [-0.25, -0.2) is 0 Å². The minimum Gasteiger partial charge on any atom is -0.322 e. The van der Waals surface area contributed by atoms with E-state index in [1.165, 1.54) is 4.90 Å². The van der Waals surface area contributed by atoms with E-state index in [1.807, 2.05) is 6.07 Å². The highest BCUT2D eigenvalue weighted by Gasteiger charge is 2.39. The van der Waals surface area contributed by atoms with Crippen molar-refractivity contribution in [1.29, 1.82) is 0 Å². The maximum absolute atomic E-state index is 12.6. The van der Waals surface area contributed by atoms with E-state index < -0.39 is 11.9 Å². The average molecular weight is 296 g/mol. The van der Waals surface area contributed by atoms with Gasteiger partial charge in [-0.05, 0) is 30.2 Å². The number of hydrogen-bond donors (Lipinski definition) is 1. The SMILES string of the molecule is O=C1CCC(N2Cc3cc4nnccc4cc3C2=O)C(=O)N1. The van der Waals surface area contributed by atoms with E-state index in [0.29, 0.717) is 18.5 Å². The second kappa shape index (κ2) is 4.59. The molecular formula is C15H12N4O3. The first-order chi connectivity index (χ1) is 10.6. The van der Waals surface area contributed by atoms with Crippen LogP contribution in [0.15, 0.2) is 24.4 Å². The Morgan fingerprint density at radius 3 is 2.91 bits per heavy atom. The zero-order chi connectivity index (χ0) is 15.3. The van der Waals surface area contributed by atoms with Crippen LogP contribution in [0, 0.1) is 0 Å². The molecule has 0 saturated carbocycles. The maximum Gasteiger partial charge on any atom is 0.255 e. The van der Waals surface area contributed by atoms with Crippen LogP contribution < -0.4 is 5.32 Å². The summed E-state index contributed by atoms with van der Waals surface area (Å²) in [4.78, 5) is 37.3. The van der Waals surface area contributed by atoms with Crippen molar-refractivity contribution in [2.75, 3.05) is 0 Å². The number of nitrogens with one attached hydrogen (secondary N) is 1. The van der Waals surface area contributed by atoms with Gasteiger partial charge in [0.1, 0.15) is 6.04 Å². The Bertz CT molecular complexity index is 833. The molecule has 1 fully saturated rings. The van der Waals surface area contributed by atoms with Crippen LogP contribution in [0.5, 0.6) is 0 Å². The van der Waals surface area contributed by atoms with Crippen LogP contribution >= 0.6 is 0 Å². The first-order valence-corrected chi connectivity index (χ1v) is 7.02. The van der Waals surface area contributed by atoms with Gasteiger partial charge in [-0.1, -0.05) is 0 Å². The van der Waals surface area contributed by atoms with E-state index in [0.717, 1.165) is 16.5 Å². The molecule has 0 bridgehead atoms. The molecule has 2 aromatic rings. The van der Waals surface area contributed by atoms with Crippen LogP contribution in [-0.2, 0) is 16.1 Å². The summed E-state index contributed by atoms with van der Waals surface area (Å²) in [5, 5.41) is 11.0. The molecule has 110 valence electrons. The number of rotatable bonds is 1. The Labute approximate surface area is 125 Å². The van der Waals surface area contributed by atoms with E-state index in [9.17, 15) is 14.4 Å². The number of aromatic nitrogens is 2. The lowest BCUT2D eigenvalue weighted by molar-refractivity contribution is -0.136. The molecule has 7 heteroatoms. The molecule has 0 aliphatic carbocycles. The van der Waals surface area contributed by atoms with Gasteiger partial charge in [0.2, 0.25) is 11.8 Å². The number of piperidine rings is 1. The van der Waals surface area contributed by atoms with Crippen molar-refractivity contribution < 1.29 is 14.4 Å². The average Bonchev–Trinajstić information content (AvgIpc) is 2.82. The molecular weight excluding hydrogens is 284 g/mol. The van der Waals surface area contributed by atoms with Crippen LogP contribution in [0.25, 0.3) is 10.9 Å². The smallest absolute Gasteiger partial charge is 0.255 e. The second-order valence-electron chi connectivity index (χ2n) is 5.50. The van der Waals surface area contributed by atoms with Gasteiger partial charge < -0.3 is 4.90 Å². The summed E-state index contributed by atoms with van der Waals surface area (Å²) in [6, 6.07) is 4.83. The number of nitrogens with zero attached hydrogens (tertiary/aromatic N) is 3. The van der Waals surface area contributed by atoms with Crippen LogP contribution in [0.2, 0.25) is 0 Å². The third-order valence-corrected chi connectivity index (χ3v) is 4.16. The van der Waals surface area contributed by atoms with E-state index in [1.54, 1.807) is 18.3 Å². The van der Waals surface area contributed by atoms with Gasteiger partial charge in [0.25, 0.3) is 5.91 Å². The number of benzene rings is 1. The first kappa shape index (κ1) is 12.9. The molecule has 1 atom stereocenters. The maximum atomic E-state index is 12.6. The highest BCUT2D eigenvalue weighted by Crippen LogP contribution is 2.29. The van der Waals surface area contributed by atoms with Crippen molar-refractivity contribution in [3.05, 3.63) is 35.5 Å². The summed E-state index contributed by atoms with van der Waals surface area (Å²) in [5.74, 6) is -0.864. The molecule has 1 N–H and O–H groups in total. The Balaban J connectivity index is 1.71. The Morgan fingerprint density at radius 1 is 1.23 bits per heavy atom. The Kier molecular flexibility index (Phi) is 2.69. The van der Waals surface area contributed by atoms with Gasteiger partial charge in [-0.3, -0.25) is 19.7 Å². The van der Waals surface area contributed by atoms with Crippen molar-refractivity contribution in [3.8, 4) is 0 Å². The summed E-state index contributed by atoms with van der Waals surface area (Å²) in [6.45, 7) is 0.354. The summed E-state index contributed by atoms with van der Waals surface area (Å²) in [7, 11) is 0. The lowest BCUT2D eigenvalue weighted by Crippen LogP contribution is -2.52. The monoisotopic (exact) mass is 296 g/mol. The number of amides is 3. The molecule has 4 rings (SSSR count). The van der Waals surface area contributed by atoms with Crippen molar-refractivity contribution in [2.24, 2.45) is 0 Å². The largest absolute Gasteiger partial charge is 0.322 e. The number of carbonyl (C=O) groups is 3. The quantitative estimate of drug-likeness (QED) is 0.769. The van der Waals surface area contributed by atoms with Crippen molar-refractivity contribution in [3.63, 3.8) is 0 Å². The molecule has 1 aromatic carbocycles. The van der Waals surface area contributed by atoms with E-state index in [-0.39, 0.29) is 18.2 Å². The van der Waals surface area contributed by atoms with E-state index >= 15 is 0 Å². The van der Waals surface area contributed by atoms with Crippen LogP contribution in [0.3, 0.4) is 0 Å². The fourth-order valence-electron chi connectivity index (χ4n) is 3.05. The predicted octanol–water partition coefficient (Wildman–Crippen LogP) is 0.391. The molecule has 7 nitrogen and oxygen atoms in total. The summed E-state index contributed by atoms with van der Waals surface area (Å²) >= 11 is 0. The zero-order valence-corrected chi connectivity index (χ0v) is 11.6. The second-order valence-corrected chi connectivity index (χ2v) is 5.50. The van der Waals surface area contributed by atoms with E-state index in [2.05, 4.69) is 15.5 Å². The Morgan fingerprint density at radius 2 is 2.09 bits per heavy atom. The molecule has 3 amide bonds. The fraction of sp³-hybridized carbons (Fsp3) is 0.267. The summed E-state index contributed by atoms with van der Waals surface area (Å²) in [5.41, 5.74) is 2.15. The number of carbonyl (C=O) groups excluding carboxylic acids is 3. The molecule has 22 heavy (non-hydrogen) atoms. The molecule has 1 saturated heterocycles. The first-order valence-electron chi connectivity index (χ1n) is 7.02. The third kappa shape index (κ3) is 1.86. The lowest BCUT2D eigenvalue weighted by atomic mass is 10.0. The minimum absolute atomic E-state index is 0.178. The van der Waals surface area contributed by atoms with Gasteiger partial charge in [0.05, 0.1) is 11.7 Å². The fourth-order valence-corrected chi connectivity index (χ4v) is 3.05. The van der Waals surface area contributed by atoms with Gasteiger partial charge in [-0.15, -0.1) is 0 Å². The lowest BCUT2D eigenvalue weighted by Gasteiger charge is -2.29. The Hall–Kier alpha value is -2.83. The van der Waals surface area contributed by atoms with Crippen LogP contribution in [0.1, 0.15) is 28.8 Å². The normalized spacial score (nSPS) is 21.2. The molecule has 1 unspecified atom stereocenters. The van der Waals surface area contributed by atoms with Crippen molar-refractivity contribution in [1.82, 2.24) is 20.4 Å². The number of fused-ring (bicyclic) bond motifs is 2. The highest BCUT2D eigenvalue weighted by atomic mass is 16.2. The molecule has 0 radical (unpaired) electrons. The standard InChI is InChI=1S/C15H12N4O3/c20-13-2-1-12(14(21)17-13)19-7-9-6-11-8(3-4-16-18-11)5-10(9)15(19)22/h3-6,12H,1-2,7H2,(H,17,20,21). The van der Waals surface area contributed by atoms with Crippen molar-refractivity contribution >= 4 is 28.6 Å². The number of imide groups is 1. The molecule has 2 aliphatic heterocycles. The van der Waals surface area contributed by atoms with Crippen molar-refractivity contribution in [2.45, 2.75) is 25.4 Å². The van der Waals surface area contributed by atoms with Gasteiger partial charge in [0.15, 0.2) is 0 Å². The van der Waals surface area contributed by atoms with Gasteiger partial charge >= 0.3 is 0 Å². The topological polar surface area (TPSA) is 92.3 Å². The molecule has 3 heterocycles. The van der Waals surface area contributed by atoms with Crippen LogP contribution in [-0.4, -0.2) is 38.9 Å². The number of hydrogen-bond acceptors (Lipinski definition) is 5. The van der Waals surface area contributed by atoms with E-state index in [4.69, 9.17) is 0 Å². The van der Waals surface area contributed by atoms with Gasteiger partial charge in [-0.2, -0.15) is 10.2 Å². The van der Waals surface area contributed by atoms with Gasteiger partial charge in [0, 0.05) is 23.9 Å². The molecule has 2 aliphatic rings. The molecule has 1 aromatic heterocycles. The highest BCUT2D eigenvalue weighted by molar-refractivity contribution is 6.06. The zero-order valence-electron chi connectivity index (χ0n) is 11.6. The predicted molar refractivity (Wildman–Crippen MR) is 75.6 cm³/mol. The third-order valence-electron chi connectivity index (χ3n) is 4.16. The van der Waals surface area contributed by atoms with Crippen LogP contribution in [0.4, 0.5) is 0 Å². The molecule has 0 spiro atoms.